The average molecular weight is 381 g/mol. The number of nitrogens with zero attached hydrogens (tertiary/aromatic N) is 1. The highest BCUT2D eigenvalue weighted by atomic mass is 16.5. The third-order valence-corrected chi connectivity index (χ3v) is 5.73. The van der Waals surface area contributed by atoms with Gasteiger partial charge in [-0.15, -0.1) is 0 Å². The molecule has 3 unspecified atom stereocenters. The average Bonchev–Trinajstić information content (AvgIpc) is 3.17. The number of carbonyl (C=O) groups excluding carboxylic acids is 1. The Kier molecular flexibility index (Phi) is 5.76. The molecule has 6 nitrogen and oxygen atoms in total. The third kappa shape index (κ3) is 4.44. The number of methoxy groups -OCH3 is 1. The molecule has 28 heavy (non-hydrogen) atoms. The Morgan fingerprint density at radius 1 is 1.18 bits per heavy atom. The molecule has 2 aliphatic rings. The molecule has 1 aliphatic heterocycles. The summed E-state index contributed by atoms with van der Waals surface area (Å²) in [6.07, 6.45) is 7.67. The van der Waals surface area contributed by atoms with Gasteiger partial charge in [-0.3, -0.25) is 4.79 Å². The second kappa shape index (κ2) is 8.61. The molecule has 2 aromatic rings. The van der Waals surface area contributed by atoms with Crippen LogP contribution < -0.4 is 20.1 Å². The van der Waals surface area contributed by atoms with Crippen molar-refractivity contribution in [1.29, 1.82) is 0 Å². The van der Waals surface area contributed by atoms with Gasteiger partial charge in [0, 0.05) is 24.8 Å². The van der Waals surface area contributed by atoms with Gasteiger partial charge in [0.2, 0.25) is 11.8 Å². The second-order valence-electron chi connectivity index (χ2n) is 7.60. The van der Waals surface area contributed by atoms with Gasteiger partial charge in [-0.1, -0.05) is 12.8 Å². The Bertz CT molecular complexity index is 795. The Morgan fingerprint density at radius 2 is 1.96 bits per heavy atom. The zero-order valence-corrected chi connectivity index (χ0v) is 16.2. The van der Waals surface area contributed by atoms with Crippen molar-refractivity contribution in [2.45, 2.75) is 50.7 Å². The highest BCUT2D eigenvalue weighted by Crippen LogP contribution is 2.33. The van der Waals surface area contributed by atoms with E-state index in [1.54, 1.807) is 13.3 Å². The summed E-state index contributed by atoms with van der Waals surface area (Å²) in [5.74, 6) is 2.71. The van der Waals surface area contributed by atoms with Crippen LogP contribution in [-0.2, 0) is 11.3 Å². The number of amides is 1. The molecule has 6 heteroatoms. The molecule has 2 N–H and O–H groups in total. The van der Waals surface area contributed by atoms with E-state index in [0.29, 0.717) is 30.1 Å². The van der Waals surface area contributed by atoms with Crippen molar-refractivity contribution >= 4 is 5.91 Å². The van der Waals surface area contributed by atoms with Gasteiger partial charge in [0.15, 0.2) is 0 Å². The lowest BCUT2D eigenvalue weighted by Gasteiger charge is -2.24. The summed E-state index contributed by atoms with van der Waals surface area (Å²) >= 11 is 0. The summed E-state index contributed by atoms with van der Waals surface area (Å²) in [4.78, 5) is 16.8. The minimum atomic E-state index is -0.0649. The Hall–Kier alpha value is -2.60. The maximum Gasteiger partial charge on any atom is 0.237 e. The predicted octanol–water partition coefficient (Wildman–Crippen LogP) is 3.42. The fourth-order valence-electron chi connectivity index (χ4n) is 4.21. The lowest BCUT2D eigenvalue weighted by atomic mass is 9.85. The van der Waals surface area contributed by atoms with E-state index in [0.717, 1.165) is 17.7 Å². The van der Waals surface area contributed by atoms with Gasteiger partial charge in [0.05, 0.1) is 13.2 Å². The predicted molar refractivity (Wildman–Crippen MR) is 106 cm³/mol. The largest absolute Gasteiger partial charge is 0.497 e. The molecular weight excluding hydrogens is 354 g/mol. The van der Waals surface area contributed by atoms with E-state index < -0.39 is 0 Å². The summed E-state index contributed by atoms with van der Waals surface area (Å²) in [6.45, 7) is 0.466. The maximum atomic E-state index is 12.6. The molecule has 0 bridgehead atoms. The van der Waals surface area contributed by atoms with Crippen LogP contribution in [0.25, 0.3) is 0 Å². The quantitative estimate of drug-likeness (QED) is 0.802. The van der Waals surface area contributed by atoms with Crippen molar-refractivity contribution in [2.75, 3.05) is 7.11 Å². The minimum absolute atomic E-state index is 0.0649. The first kappa shape index (κ1) is 18.7. The third-order valence-electron chi connectivity index (χ3n) is 5.73. The maximum absolute atomic E-state index is 12.6. The molecular formula is C22H27N3O3. The van der Waals surface area contributed by atoms with Gasteiger partial charge in [-0.2, -0.15) is 0 Å². The number of aromatic nitrogens is 1. The minimum Gasteiger partial charge on any atom is -0.497 e. The van der Waals surface area contributed by atoms with Crippen molar-refractivity contribution in [1.82, 2.24) is 15.6 Å². The van der Waals surface area contributed by atoms with Crippen LogP contribution >= 0.6 is 0 Å². The lowest BCUT2D eigenvalue weighted by Crippen LogP contribution is -2.42. The summed E-state index contributed by atoms with van der Waals surface area (Å²) in [5.41, 5.74) is 0.960. The first-order chi connectivity index (χ1) is 13.7. The number of nitrogens with one attached hydrogen (secondary N) is 2. The molecule has 0 radical (unpaired) electrons. The van der Waals surface area contributed by atoms with Gasteiger partial charge in [-0.05, 0) is 61.1 Å². The van der Waals surface area contributed by atoms with Crippen LogP contribution in [0.15, 0.2) is 42.6 Å². The molecule has 2 heterocycles. The lowest BCUT2D eigenvalue weighted by molar-refractivity contribution is -0.123. The van der Waals surface area contributed by atoms with Crippen LogP contribution in [0.1, 0.15) is 37.7 Å². The monoisotopic (exact) mass is 381 g/mol. The fourth-order valence-corrected chi connectivity index (χ4v) is 4.21. The molecule has 1 aliphatic carbocycles. The molecule has 1 amide bonds. The topological polar surface area (TPSA) is 72.5 Å². The van der Waals surface area contributed by atoms with Crippen LogP contribution in [0.4, 0.5) is 0 Å². The summed E-state index contributed by atoms with van der Waals surface area (Å²) in [6, 6.07) is 11.5. The van der Waals surface area contributed by atoms with Crippen LogP contribution in [-0.4, -0.2) is 30.1 Å². The van der Waals surface area contributed by atoms with Crippen molar-refractivity contribution < 1.29 is 14.3 Å². The molecule has 2 fully saturated rings. The molecule has 1 saturated carbocycles. The molecule has 1 aromatic heterocycles. The second-order valence-corrected chi connectivity index (χ2v) is 7.60. The number of benzene rings is 1. The van der Waals surface area contributed by atoms with Crippen molar-refractivity contribution in [3.63, 3.8) is 0 Å². The van der Waals surface area contributed by atoms with E-state index in [2.05, 4.69) is 15.6 Å². The van der Waals surface area contributed by atoms with Gasteiger partial charge >= 0.3 is 0 Å². The molecule has 3 atom stereocenters. The van der Waals surface area contributed by atoms with Crippen molar-refractivity contribution in [2.24, 2.45) is 5.92 Å². The van der Waals surface area contributed by atoms with Crippen LogP contribution in [0, 0.1) is 5.92 Å². The van der Waals surface area contributed by atoms with E-state index in [1.807, 2.05) is 36.4 Å². The van der Waals surface area contributed by atoms with Crippen molar-refractivity contribution in [3.05, 3.63) is 48.2 Å². The van der Waals surface area contributed by atoms with E-state index in [9.17, 15) is 4.79 Å². The van der Waals surface area contributed by atoms with E-state index in [1.165, 1.54) is 25.7 Å². The molecule has 1 saturated heterocycles. The number of hydrogen-bond acceptors (Lipinski definition) is 5. The molecule has 4 rings (SSSR count). The molecule has 0 spiro atoms. The first-order valence-electron chi connectivity index (χ1n) is 10.0. The van der Waals surface area contributed by atoms with Gasteiger partial charge in [-0.25, -0.2) is 4.98 Å². The number of ether oxygens (including phenoxy) is 2. The van der Waals surface area contributed by atoms with E-state index >= 15 is 0 Å². The number of fused-ring (bicyclic) bond motifs is 1. The first-order valence-corrected chi connectivity index (χ1v) is 10.0. The zero-order chi connectivity index (χ0) is 19.3. The number of pyridine rings is 1. The Balaban J connectivity index is 1.31. The normalized spacial score (nSPS) is 23.7. The van der Waals surface area contributed by atoms with Gasteiger partial charge < -0.3 is 20.1 Å². The highest BCUT2D eigenvalue weighted by Gasteiger charge is 2.37. The highest BCUT2D eigenvalue weighted by molar-refractivity contribution is 5.82. The van der Waals surface area contributed by atoms with E-state index in [4.69, 9.17) is 9.47 Å². The van der Waals surface area contributed by atoms with Crippen molar-refractivity contribution in [3.8, 4) is 17.4 Å². The summed E-state index contributed by atoms with van der Waals surface area (Å²) < 4.78 is 10.9. The number of rotatable bonds is 6. The zero-order valence-electron chi connectivity index (χ0n) is 16.2. The van der Waals surface area contributed by atoms with Crippen LogP contribution in [0.2, 0.25) is 0 Å². The number of carbonyl (C=O) groups is 1. The van der Waals surface area contributed by atoms with Gasteiger partial charge in [0.1, 0.15) is 11.5 Å². The summed E-state index contributed by atoms with van der Waals surface area (Å²) in [7, 11) is 1.63. The fraction of sp³-hybridized carbons (Fsp3) is 0.455. The van der Waals surface area contributed by atoms with E-state index in [-0.39, 0.29) is 11.9 Å². The Labute approximate surface area is 165 Å². The standard InChI is InChI=1S/C22H27N3O3/c1-27-17-6-8-18(9-7-17)28-21-12-15(10-11-23-21)14-24-22(26)20-13-16-4-2-3-5-19(16)25-20/h6-12,16,19-20,25H,2-5,13-14H2,1H3,(H,24,26). The smallest absolute Gasteiger partial charge is 0.237 e. The van der Waals surface area contributed by atoms with Crippen LogP contribution in [0.5, 0.6) is 17.4 Å². The molecule has 1 aromatic carbocycles. The van der Waals surface area contributed by atoms with Crippen LogP contribution in [0.3, 0.4) is 0 Å². The summed E-state index contributed by atoms with van der Waals surface area (Å²) in [5, 5.41) is 6.58. The SMILES string of the molecule is COc1ccc(Oc2cc(CNC(=O)C3CC4CCCCC4N3)ccn2)cc1. The number of hydrogen-bond donors (Lipinski definition) is 2. The Morgan fingerprint density at radius 3 is 2.75 bits per heavy atom. The molecule has 148 valence electrons. The van der Waals surface area contributed by atoms with Gasteiger partial charge in [0.25, 0.3) is 0 Å².